The summed E-state index contributed by atoms with van der Waals surface area (Å²) in [6.07, 6.45) is 0. The monoisotopic (exact) mass is 402 g/mol. The van der Waals surface area contributed by atoms with Gasteiger partial charge in [0.2, 0.25) is 5.91 Å². The van der Waals surface area contributed by atoms with Gasteiger partial charge < -0.3 is 21.1 Å². The molecule has 2 amide bonds. The van der Waals surface area contributed by atoms with Gasteiger partial charge in [-0.1, -0.05) is 17.3 Å². The first kappa shape index (κ1) is 19.7. The third kappa shape index (κ3) is 4.46. The number of amides is 2. The minimum absolute atomic E-state index is 0.0109. The number of nitrogens with one attached hydrogen (secondary N) is 2. The molecule has 0 radical (unpaired) electrons. The van der Waals surface area contributed by atoms with E-state index in [9.17, 15) is 18.4 Å². The fourth-order valence-electron chi connectivity index (χ4n) is 2.44. The van der Waals surface area contributed by atoms with Crippen molar-refractivity contribution < 1.29 is 23.1 Å². The minimum Gasteiger partial charge on any atom is -0.495 e. The Balaban J connectivity index is 1.69. The maximum Gasteiger partial charge on any atom is 0.280 e. The number of anilines is 3. The number of benzene rings is 2. The summed E-state index contributed by atoms with van der Waals surface area (Å²) in [5.41, 5.74) is 6.05. The Hall–Kier alpha value is -4.02. The standard InChI is InChI=1S/C18H16F2N6O3/c1-29-14-5-3-2-4-13(14)23-15(27)9-26-17(21)16(24-25-26)18(28)22-10-6-7-11(19)12(20)8-10/h2-8H,9,21H2,1H3,(H,22,28)(H,23,27). The van der Waals surface area contributed by atoms with Gasteiger partial charge in [0.1, 0.15) is 12.3 Å². The van der Waals surface area contributed by atoms with Crippen LogP contribution in [-0.2, 0) is 11.3 Å². The highest BCUT2D eigenvalue weighted by Crippen LogP contribution is 2.23. The molecule has 0 aliphatic carbocycles. The number of carbonyl (C=O) groups is 2. The van der Waals surface area contributed by atoms with Crippen LogP contribution in [-0.4, -0.2) is 33.9 Å². The quantitative estimate of drug-likeness (QED) is 0.580. The van der Waals surface area contributed by atoms with Crippen molar-refractivity contribution in [2.45, 2.75) is 6.54 Å². The molecule has 9 nitrogen and oxygen atoms in total. The second kappa shape index (κ2) is 8.33. The molecule has 0 unspecified atom stereocenters. The van der Waals surface area contributed by atoms with Crippen LogP contribution in [0.3, 0.4) is 0 Å². The van der Waals surface area contributed by atoms with Crippen LogP contribution in [0.25, 0.3) is 0 Å². The number of nitrogens with two attached hydrogens (primary N) is 1. The summed E-state index contributed by atoms with van der Waals surface area (Å²) < 4.78 is 32.4. The molecule has 1 aromatic heterocycles. The average molecular weight is 402 g/mol. The first-order valence-electron chi connectivity index (χ1n) is 8.27. The number of aromatic nitrogens is 3. The van der Waals surface area contributed by atoms with E-state index in [1.54, 1.807) is 24.3 Å². The van der Waals surface area contributed by atoms with Gasteiger partial charge in [0.15, 0.2) is 23.1 Å². The zero-order chi connectivity index (χ0) is 21.0. The average Bonchev–Trinajstić information content (AvgIpc) is 3.05. The molecule has 3 aromatic rings. The van der Waals surface area contributed by atoms with Crippen LogP contribution in [0.2, 0.25) is 0 Å². The summed E-state index contributed by atoms with van der Waals surface area (Å²) >= 11 is 0. The molecular weight excluding hydrogens is 386 g/mol. The lowest BCUT2D eigenvalue weighted by Crippen LogP contribution is -2.21. The summed E-state index contributed by atoms with van der Waals surface area (Å²) in [5, 5.41) is 12.3. The van der Waals surface area contributed by atoms with Gasteiger partial charge in [-0.2, -0.15) is 0 Å². The number of hydrogen-bond donors (Lipinski definition) is 3. The molecule has 150 valence electrons. The zero-order valence-electron chi connectivity index (χ0n) is 15.1. The van der Waals surface area contributed by atoms with Crippen LogP contribution >= 0.6 is 0 Å². The van der Waals surface area contributed by atoms with Gasteiger partial charge in [-0.15, -0.1) is 5.10 Å². The number of para-hydroxylation sites is 2. The topological polar surface area (TPSA) is 124 Å². The number of halogens is 2. The van der Waals surface area contributed by atoms with Gasteiger partial charge >= 0.3 is 0 Å². The molecule has 0 bridgehead atoms. The van der Waals surface area contributed by atoms with E-state index in [2.05, 4.69) is 20.9 Å². The van der Waals surface area contributed by atoms with Gasteiger partial charge in [-0.05, 0) is 24.3 Å². The lowest BCUT2D eigenvalue weighted by molar-refractivity contribution is -0.116. The Morgan fingerprint density at radius 1 is 1.14 bits per heavy atom. The van der Waals surface area contributed by atoms with Crippen molar-refractivity contribution >= 4 is 29.0 Å². The van der Waals surface area contributed by atoms with Crippen molar-refractivity contribution in [3.8, 4) is 5.75 Å². The molecule has 0 saturated carbocycles. The third-order valence-corrected chi connectivity index (χ3v) is 3.84. The molecular formula is C18H16F2N6O3. The number of ether oxygens (including phenoxy) is 1. The van der Waals surface area contributed by atoms with Crippen molar-refractivity contribution in [2.24, 2.45) is 0 Å². The Bertz CT molecular complexity index is 1070. The molecule has 0 spiro atoms. The molecule has 0 aliphatic rings. The second-order valence-electron chi connectivity index (χ2n) is 5.81. The molecule has 0 fully saturated rings. The highest BCUT2D eigenvalue weighted by atomic mass is 19.2. The van der Waals surface area contributed by atoms with Gasteiger partial charge in [-0.3, -0.25) is 9.59 Å². The van der Waals surface area contributed by atoms with Crippen molar-refractivity contribution in [3.63, 3.8) is 0 Å². The van der Waals surface area contributed by atoms with Crippen molar-refractivity contribution in [2.75, 3.05) is 23.5 Å². The van der Waals surface area contributed by atoms with E-state index in [0.717, 1.165) is 16.8 Å². The fourth-order valence-corrected chi connectivity index (χ4v) is 2.44. The highest BCUT2D eigenvalue weighted by Gasteiger charge is 2.20. The zero-order valence-corrected chi connectivity index (χ0v) is 15.1. The largest absolute Gasteiger partial charge is 0.495 e. The van der Waals surface area contributed by atoms with E-state index in [0.29, 0.717) is 11.4 Å². The summed E-state index contributed by atoms with van der Waals surface area (Å²) in [7, 11) is 1.47. The molecule has 1 heterocycles. The fraction of sp³-hybridized carbons (Fsp3) is 0.111. The van der Waals surface area contributed by atoms with Gasteiger partial charge in [0, 0.05) is 11.8 Å². The van der Waals surface area contributed by atoms with Crippen molar-refractivity contribution in [1.29, 1.82) is 0 Å². The number of methoxy groups -OCH3 is 1. The van der Waals surface area contributed by atoms with Crippen LogP contribution in [0.1, 0.15) is 10.5 Å². The highest BCUT2D eigenvalue weighted by molar-refractivity contribution is 6.05. The smallest absolute Gasteiger partial charge is 0.280 e. The Morgan fingerprint density at radius 3 is 2.62 bits per heavy atom. The normalized spacial score (nSPS) is 10.4. The van der Waals surface area contributed by atoms with Crippen molar-refractivity contribution in [3.05, 3.63) is 59.8 Å². The van der Waals surface area contributed by atoms with Crippen LogP contribution in [0, 0.1) is 11.6 Å². The van der Waals surface area contributed by atoms with Crippen LogP contribution < -0.4 is 21.1 Å². The Labute approximate surface area is 163 Å². The molecule has 2 aromatic carbocycles. The number of rotatable bonds is 6. The number of nitrogens with zero attached hydrogens (tertiary/aromatic N) is 3. The number of nitrogen functional groups attached to an aromatic ring is 1. The maximum atomic E-state index is 13.3. The van der Waals surface area contributed by atoms with E-state index in [4.69, 9.17) is 10.5 Å². The molecule has 0 aliphatic heterocycles. The summed E-state index contributed by atoms with van der Waals surface area (Å²) in [6.45, 7) is -0.310. The van der Waals surface area contributed by atoms with E-state index >= 15 is 0 Å². The van der Waals surface area contributed by atoms with Crippen LogP contribution in [0.5, 0.6) is 5.75 Å². The molecule has 4 N–H and O–H groups in total. The van der Waals surface area contributed by atoms with Crippen LogP contribution in [0.15, 0.2) is 42.5 Å². The van der Waals surface area contributed by atoms with Gasteiger partial charge in [0.25, 0.3) is 5.91 Å². The summed E-state index contributed by atoms with van der Waals surface area (Å²) in [6, 6.07) is 9.67. The second-order valence-corrected chi connectivity index (χ2v) is 5.81. The van der Waals surface area contributed by atoms with Crippen molar-refractivity contribution in [1.82, 2.24) is 15.0 Å². The van der Waals surface area contributed by atoms with E-state index in [1.165, 1.54) is 13.2 Å². The Morgan fingerprint density at radius 2 is 1.90 bits per heavy atom. The molecule has 0 atom stereocenters. The number of hydrogen-bond acceptors (Lipinski definition) is 6. The van der Waals surface area contributed by atoms with E-state index in [-0.39, 0.29) is 23.7 Å². The first-order valence-corrected chi connectivity index (χ1v) is 8.27. The minimum atomic E-state index is -1.12. The van der Waals surface area contributed by atoms with E-state index in [1.807, 2.05) is 0 Å². The molecule has 29 heavy (non-hydrogen) atoms. The third-order valence-electron chi connectivity index (χ3n) is 3.84. The van der Waals surface area contributed by atoms with Gasteiger partial charge in [0.05, 0.1) is 12.8 Å². The predicted molar refractivity (Wildman–Crippen MR) is 100 cm³/mol. The van der Waals surface area contributed by atoms with E-state index < -0.39 is 23.4 Å². The summed E-state index contributed by atoms with van der Waals surface area (Å²) in [4.78, 5) is 24.5. The van der Waals surface area contributed by atoms with Gasteiger partial charge in [-0.25, -0.2) is 13.5 Å². The van der Waals surface area contributed by atoms with Crippen LogP contribution in [0.4, 0.5) is 26.0 Å². The molecule has 3 rings (SSSR count). The lowest BCUT2D eigenvalue weighted by atomic mass is 10.3. The Kier molecular flexibility index (Phi) is 5.67. The lowest BCUT2D eigenvalue weighted by Gasteiger charge is -2.10. The maximum absolute atomic E-state index is 13.3. The molecule has 0 saturated heterocycles. The first-order chi connectivity index (χ1) is 13.9. The number of carbonyl (C=O) groups excluding carboxylic acids is 2. The predicted octanol–water partition coefficient (Wildman–Crippen LogP) is 2.04. The molecule has 11 heteroatoms. The summed E-state index contributed by atoms with van der Waals surface area (Å²) in [5.74, 6) is -3.12. The SMILES string of the molecule is COc1ccccc1NC(=O)Cn1nnc(C(=O)Nc2ccc(F)c(F)c2)c1N.